The Labute approximate surface area is 163 Å². The smallest absolute Gasteiger partial charge is 0.243 e. The van der Waals surface area contributed by atoms with Crippen molar-refractivity contribution in [1.82, 2.24) is 14.5 Å². The molecule has 7 heteroatoms. The zero-order chi connectivity index (χ0) is 19.7. The number of fused-ring (bicyclic) bond motifs is 1. The van der Waals surface area contributed by atoms with Gasteiger partial charge in [-0.2, -0.15) is 4.31 Å². The second kappa shape index (κ2) is 7.89. The van der Waals surface area contributed by atoms with E-state index in [1.807, 2.05) is 37.8 Å². The molecule has 1 saturated heterocycles. The van der Waals surface area contributed by atoms with Gasteiger partial charge in [0.2, 0.25) is 15.9 Å². The van der Waals surface area contributed by atoms with Gasteiger partial charge in [0, 0.05) is 25.2 Å². The number of carbonyl (C=O) groups is 1. The van der Waals surface area contributed by atoms with Crippen LogP contribution >= 0.6 is 0 Å². The van der Waals surface area contributed by atoms with Gasteiger partial charge >= 0.3 is 0 Å². The molecule has 0 aromatic heterocycles. The SMILES string of the molecule is CC(C)(C)NC(=O)CN1CCCN(S(=O)(=O)c2ccc3c(c2)CCC3)CC1. The van der Waals surface area contributed by atoms with Gasteiger partial charge in [-0.15, -0.1) is 0 Å². The van der Waals surface area contributed by atoms with Crippen molar-refractivity contribution in [3.8, 4) is 0 Å². The lowest BCUT2D eigenvalue weighted by Gasteiger charge is -2.25. The molecule has 0 spiro atoms. The number of rotatable bonds is 4. The van der Waals surface area contributed by atoms with Gasteiger partial charge in [0.1, 0.15) is 0 Å². The first kappa shape index (κ1) is 20.3. The topological polar surface area (TPSA) is 69.7 Å². The molecule has 1 aliphatic heterocycles. The summed E-state index contributed by atoms with van der Waals surface area (Å²) in [5.41, 5.74) is 2.19. The molecule has 0 bridgehead atoms. The summed E-state index contributed by atoms with van der Waals surface area (Å²) >= 11 is 0. The van der Waals surface area contributed by atoms with E-state index in [1.54, 1.807) is 10.4 Å². The van der Waals surface area contributed by atoms with E-state index in [4.69, 9.17) is 0 Å². The normalized spacial score (nSPS) is 19.5. The molecule has 2 aliphatic rings. The number of sulfonamides is 1. The lowest BCUT2D eigenvalue weighted by atomic mass is 10.1. The average molecular weight is 394 g/mol. The average Bonchev–Trinajstić information content (AvgIpc) is 2.90. The van der Waals surface area contributed by atoms with E-state index < -0.39 is 10.0 Å². The minimum absolute atomic E-state index is 0.0163. The molecule has 1 amide bonds. The van der Waals surface area contributed by atoms with E-state index in [0.29, 0.717) is 31.1 Å². The summed E-state index contributed by atoms with van der Waals surface area (Å²) in [5.74, 6) is -0.0163. The van der Waals surface area contributed by atoms with Gasteiger partial charge in [0.25, 0.3) is 0 Å². The molecule has 0 atom stereocenters. The number of aryl methyl sites for hydroxylation is 2. The summed E-state index contributed by atoms with van der Waals surface area (Å²) in [6.07, 6.45) is 3.85. The molecular formula is C20H31N3O3S. The largest absolute Gasteiger partial charge is 0.350 e. The van der Waals surface area contributed by atoms with Crippen LogP contribution in [0.3, 0.4) is 0 Å². The number of nitrogens with one attached hydrogen (secondary N) is 1. The zero-order valence-corrected chi connectivity index (χ0v) is 17.4. The van der Waals surface area contributed by atoms with E-state index in [2.05, 4.69) is 5.32 Å². The Morgan fingerprint density at radius 1 is 1.04 bits per heavy atom. The Morgan fingerprint density at radius 2 is 1.78 bits per heavy atom. The predicted molar refractivity (Wildman–Crippen MR) is 106 cm³/mol. The molecule has 150 valence electrons. The molecule has 0 radical (unpaired) electrons. The van der Waals surface area contributed by atoms with Crippen molar-refractivity contribution in [2.75, 3.05) is 32.7 Å². The third-order valence-corrected chi connectivity index (χ3v) is 7.03. The van der Waals surface area contributed by atoms with Crippen LogP contribution in [0.15, 0.2) is 23.1 Å². The molecule has 1 aromatic carbocycles. The molecule has 27 heavy (non-hydrogen) atoms. The molecule has 6 nitrogen and oxygen atoms in total. The number of carbonyl (C=O) groups excluding carboxylic acids is 1. The Kier molecular flexibility index (Phi) is 5.93. The van der Waals surface area contributed by atoms with Gasteiger partial charge in [-0.3, -0.25) is 9.69 Å². The van der Waals surface area contributed by atoms with Crippen LogP contribution in [-0.2, 0) is 27.7 Å². The van der Waals surface area contributed by atoms with Gasteiger partial charge in [-0.05, 0) is 76.3 Å². The zero-order valence-electron chi connectivity index (χ0n) is 16.6. The van der Waals surface area contributed by atoms with E-state index >= 15 is 0 Å². The first-order chi connectivity index (χ1) is 12.6. The summed E-state index contributed by atoms with van der Waals surface area (Å²) in [6, 6.07) is 5.58. The van der Waals surface area contributed by atoms with E-state index in [0.717, 1.165) is 32.2 Å². The fourth-order valence-electron chi connectivity index (χ4n) is 3.86. The highest BCUT2D eigenvalue weighted by Crippen LogP contribution is 2.26. The fourth-order valence-corrected chi connectivity index (χ4v) is 5.39. The lowest BCUT2D eigenvalue weighted by Crippen LogP contribution is -2.46. The Bertz CT molecular complexity index is 799. The van der Waals surface area contributed by atoms with Gasteiger partial charge in [0.15, 0.2) is 0 Å². The minimum Gasteiger partial charge on any atom is -0.350 e. The van der Waals surface area contributed by atoms with E-state index in [9.17, 15) is 13.2 Å². The van der Waals surface area contributed by atoms with Crippen molar-refractivity contribution < 1.29 is 13.2 Å². The van der Waals surface area contributed by atoms with Gasteiger partial charge in [0.05, 0.1) is 11.4 Å². The molecule has 1 aromatic rings. The maximum absolute atomic E-state index is 13.1. The molecule has 1 fully saturated rings. The van der Waals surface area contributed by atoms with E-state index in [-0.39, 0.29) is 11.4 Å². The van der Waals surface area contributed by atoms with Gasteiger partial charge < -0.3 is 5.32 Å². The first-order valence-electron chi connectivity index (χ1n) is 9.80. The van der Waals surface area contributed by atoms with Crippen molar-refractivity contribution in [2.45, 2.75) is 56.9 Å². The van der Waals surface area contributed by atoms with Crippen molar-refractivity contribution >= 4 is 15.9 Å². The van der Waals surface area contributed by atoms with Crippen LogP contribution < -0.4 is 5.32 Å². The number of nitrogens with zero attached hydrogens (tertiary/aromatic N) is 2. The molecule has 1 aliphatic carbocycles. The van der Waals surface area contributed by atoms with Crippen LogP contribution in [0.1, 0.15) is 44.7 Å². The van der Waals surface area contributed by atoms with Crippen LogP contribution in [0.4, 0.5) is 0 Å². The number of hydrogen-bond acceptors (Lipinski definition) is 4. The quantitative estimate of drug-likeness (QED) is 0.847. The molecular weight excluding hydrogens is 362 g/mol. The van der Waals surface area contributed by atoms with Crippen LogP contribution in [-0.4, -0.2) is 61.8 Å². The van der Waals surface area contributed by atoms with Gasteiger partial charge in [-0.25, -0.2) is 8.42 Å². The highest BCUT2D eigenvalue weighted by atomic mass is 32.2. The van der Waals surface area contributed by atoms with Crippen LogP contribution in [0.2, 0.25) is 0 Å². The van der Waals surface area contributed by atoms with Crippen LogP contribution in [0.25, 0.3) is 0 Å². The third-order valence-electron chi connectivity index (χ3n) is 5.14. The molecule has 0 saturated carbocycles. The number of benzene rings is 1. The summed E-state index contributed by atoms with van der Waals surface area (Å²) in [6.45, 7) is 8.40. The maximum Gasteiger partial charge on any atom is 0.243 e. The summed E-state index contributed by atoms with van der Waals surface area (Å²) in [4.78, 5) is 14.6. The second-order valence-electron chi connectivity index (χ2n) is 8.62. The molecule has 0 unspecified atom stereocenters. The summed E-state index contributed by atoms with van der Waals surface area (Å²) in [7, 11) is -3.48. The highest BCUT2D eigenvalue weighted by molar-refractivity contribution is 7.89. The predicted octanol–water partition coefficient (Wildman–Crippen LogP) is 1.79. The Balaban J connectivity index is 1.64. The van der Waals surface area contributed by atoms with Crippen LogP contribution in [0.5, 0.6) is 0 Å². The third kappa shape index (κ3) is 5.09. The summed E-state index contributed by atoms with van der Waals surface area (Å²) in [5, 5.41) is 2.97. The van der Waals surface area contributed by atoms with E-state index in [1.165, 1.54) is 11.1 Å². The Hall–Kier alpha value is -1.44. The van der Waals surface area contributed by atoms with Crippen molar-refractivity contribution in [2.24, 2.45) is 0 Å². The first-order valence-corrected chi connectivity index (χ1v) is 11.2. The molecule has 1 N–H and O–H groups in total. The fraction of sp³-hybridized carbons (Fsp3) is 0.650. The van der Waals surface area contributed by atoms with Crippen molar-refractivity contribution in [3.63, 3.8) is 0 Å². The maximum atomic E-state index is 13.1. The second-order valence-corrected chi connectivity index (χ2v) is 10.6. The van der Waals surface area contributed by atoms with Crippen LogP contribution in [0, 0.1) is 0 Å². The number of amides is 1. The Morgan fingerprint density at radius 3 is 2.52 bits per heavy atom. The van der Waals surface area contributed by atoms with Crippen molar-refractivity contribution in [1.29, 1.82) is 0 Å². The summed E-state index contributed by atoms with van der Waals surface area (Å²) < 4.78 is 27.7. The highest BCUT2D eigenvalue weighted by Gasteiger charge is 2.28. The molecule has 1 heterocycles. The monoisotopic (exact) mass is 393 g/mol. The lowest BCUT2D eigenvalue weighted by molar-refractivity contribution is -0.123. The van der Waals surface area contributed by atoms with Gasteiger partial charge in [-0.1, -0.05) is 6.07 Å². The molecule has 3 rings (SSSR count). The standard InChI is InChI=1S/C20H31N3O3S/c1-20(2,3)21-19(24)15-22-10-5-11-23(13-12-22)27(25,26)18-9-8-16-6-4-7-17(16)14-18/h8-9,14H,4-7,10-13,15H2,1-3H3,(H,21,24). The van der Waals surface area contributed by atoms with Crippen molar-refractivity contribution in [3.05, 3.63) is 29.3 Å². The number of hydrogen-bond donors (Lipinski definition) is 1. The minimum atomic E-state index is -3.48.